The summed E-state index contributed by atoms with van der Waals surface area (Å²) < 4.78 is 51.0. The molecule has 2 aliphatic rings. The number of hydrogen-bond donors (Lipinski definition) is 0. The van der Waals surface area contributed by atoms with Crippen molar-refractivity contribution in [3.63, 3.8) is 0 Å². The van der Waals surface area contributed by atoms with Crippen molar-refractivity contribution in [2.75, 3.05) is 24.6 Å². The fraction of sp³-hybridized carbons (Fsp3) is 0.423. The first kappa shape index (κ1) is 24.1. The standard InChI is InChI=1S/C26H26F3N5O2/c1-4-15-11-34-16(12-33(15)19(5-2)21-17(27)7-8-18(28)22(21)29)13-36-25-24(34)23-20(32(3)26(25)35)9-6-14(10-30)31-23/h6-9,15-16,19H,4-5,11-13H2,1-3H3/t15-,16+,19+/m1/s1. The zero-order valence-corrected chi connectivity index (χ0v) is 20.3. The zero-order chi connectivity index (χ0) is 25.7. The van der Waals surface area contributed by atoms with Crippen molar-refractivity contribution in [2.45, 2.75) is 44.8 Å². The molecule has 3 atom stereocenters. The minimum absolute atomic E-state index is 0.141. The molecule has 7 nitrogen and oxygen atoms in total. The lowest BCUT2D eigenvalue weighted by atomic mass is 9.94. The van der Waals surface area contributed by atoms with E-state index in [0.717, 1.165) is 12.1 Å². The monoisotopic (exact) mass is 497 g/mol. The van der Waals surface area contributed by atoms with Crippen LogP contribution in [0.25, 0.3) is 11.0 Å². The predicted molar refractivity (Wildman–Crippen MR) is 128 cm³/mol. The molecule has 0 aliphatic carbocycles. The quantitative estimate of drug-likeness (QED) is 0.507. The van der Waals surface area contributed by atoms with E-state index >= 15 is 0 Å². The second-order valence-corrected chi connectivity index (χ2v) is 9.27. The van der Waals surface area contributed by atoms with Crippen LogP contribution in [0, 0.1) is 28.8 Å². The highest BCUT2D eigenvalue weighted by molar-refractivity contribution is 5.93. The Labute approximate surface area is 206 Å². The molecule has 188 valence electrons. The van der Waals surface area contributed by atoms with Crippen molar-refractivity contribution in [1.29, 1.82) is 5.26 Å². The molecule has 0 saturated carbocycles. The molecule has 0 spiro atoms. The first-order chi connectivity index (χ1) is 17.3. The van der Waals surface area contributed by atoms with Gasteiger partial charge in [-0.3, -0.25) is 9.69 Å². The fourth-order valence-corrected chi connectivity index (χ4v) is 5.59. The number of nitriles is 1. The number of piperazine rings is 1. The van der Waals surface area contributed by atoms with E-state index < -0.39 is 23.5 Å². The SMILES string of the molecule is CC[C@@H]1CN2c3c(c(=O)n(C)c4ccc(C#N)nc34)OC[C@@H]2CN1[C@@H](CC)c1c(F)ccc(F)c1F. The Hall–Kier alpha value is -3.58. The lowest BCUT2D eigenvalue weighted by molar-refractivity contribution is 0.0685. The van der Waals surface area contributed by atoms with Crippen LogP contribution in [0.4, 0.5) is 18.9 Å². The van der Waals surface area contributed by atoms with Gasteiger partial charge in [-0.1, -0.05) is 13.8 Å². The van der Waals surface area contributed by atoms with Crippen molar-refractivity contribution in [1.82, 2.24) is 14.5 Å². The van der Waals surface area contributed by atoms with E-state index in [1.807, 2.05) is 24.8 Å². The number of fused-ring (bicyclic) bond motifs is 5. The lowest BCUT2D eigenvalue weighted by Crippen LogP contribution is -2.62. The molecule has 5 rings (SSSR count). The molecule has 10 heteroatoms. The van der Waals surface area contributed by atoms with Gasteiger partial charge >= 0.3 is 0 Å². The summed E-state index contributed by atoms with van der Waals surface area (Å²) in [6.07, 6.45) is 1.04. The van der Waals surface area contributed by atoms with Gasteiger partial charge in [-0.15, -0.1) is 0 Å². The minimum atomic E-state index is -1.16. The van der Waals surface area contributed by atoms with Crippen molar-refractivity contribution in [2.24, 2.45) is 7.05 Å². The van der Waals surface area contributed by atoms with E-state index in [9.17, 15) is 23.2 Å². The third kappa shape index (κ3) is 3.61. The van der Waals surface area contributed by atoms with Gasteiger partial charge in [0, 0.05) is 37.8 Å². The molecule has 0 unspecified atom stereocenters. The summed E-state index contributed by atoms with van der Waals surface area (Å²) in [5.74, 6) is -2.83. The number of rotatable bonds is 4. The van der Waals surface area contributed by atoms with Crippen LogP contribution in [0.3, 0.4) is 0 Å². The van der Waals surface area contributed by atoms with Gasteiger partial charge < -0.3 is 14.2 Å². The van der Waals surface area contributed by atoms with Gasteiger partial charge in [-0.25, -0.2) is 18.2 Å². The van der Waals surface area contributed by atoms with E-state index in [0.29, 0.717) is 42.7 Å². The highest BCUT2D eigenvalue weighted by Gasteiger charge is 2.43. The van der Waals surface area contributed by atoms with Crippen LogP contribution in [0.5, 0.6) is 5.75 Å². The Morgan fingerprint density at radius 1 is 1.17 bits per heavy atom. The molecule has 2 aromatic heterocycles. The van der Waals surface area contributed by atoms with Crippen LogP contribution in [0.15, 0.2) is 29.1 Å². The molecule has 36 heavy (non-hydrogen) atoms. The molecule has 4 heterocycles. The predicted octanol–water partition coefficient (Wildman–Crippen LogP) is 4.04. The number of benzene rings is 1. The van der Waals surface area contributed by atoms with E-state index in [2.05, 4.69) is 9.88 Å². The number of nitrogens with zero attached hydrogens (tertiary/aromatic N) is 5. The highest BCUT2D eigenvalue weighted by atomic mass is 19.2. The average Bonchev–Trinajstić information content (AvgIpc) is 2.90. The van der Waals surface area contributed by atoms with Gasteiger partial charge in [-0.05, 0) is 37.1 Å². The number of hydrogen-bond acceptors (Lipinski definition) is 6. The van der Waals surface area contributed by atoms with Gasteiger partial charge in [0.2, 0.25) is 5.75 Å². The molecule has 2 aliphatic heterocycles. The second-order valence-electron chi connectivity index (χ2n) is 9.27. The van der Waals surface area contributed by atoms with Crippen LogP contribution in [-0.2, 0) is 7.05 Å². The van der Waals surface area contributed by atoms with Crippen LogP contribution < -0.4 is 15.2 Å². The summed E-state index contributed by atoms with van der Waals surface area (Å²) in [5.41, 5.74) is 1.27. The van der Waals surface area contributed by atoms with Crippen molar-refractivity contribution < 1.29 is 17.9 Å². The molecule has 0 radical (unpaired) electrons. The number of halogens is 3. The third-order valence-electron chi connectivity index (χ3n) is 7.41. The molecule has 0 amide bonds. The van der Waals surface area contributed by atoms with Gasteiger partial charge in [0.1, 0.15) is 35.4 Å². The Balaban J connectivity index is 1.61. The van der Waals surface area contributed by atoms with Crippen molar-refractivity contribution >= 4 is 16.7 Å². The van der Waals surface area contributed by atoms with Gasteiger partial charge in [-0.2, -0.15) is 5.26 Å². The topological polar surface area (TPSA) is 74.4 Å². The van der Waals surface area contributed by atoms with E-state index in [1.165, 1.54) is 4.57 Å². The third-order valence-corrected chi connectivity index (χ3v) is 7.41. The Kier molecular flexibility index (Phi) is 6.12. The van der Waals surface area contributed by atoms with E-state index in [-0.39, 0.29) is 41.3 Å². The number of anilines is 1. The molecule has 1 aromatic carbocycles. The zero-order valence-electron chi connectivity index (χ0n) is 20.3. The maximum absolute atomic E-state index is 14.8. The van der Waals surface area contributed by atoms with E-state index in [1.54, 1.807) is 19.2 Å². The Morgan fingerprint density at radius 2 is 1.92 bits per heavy atom. The molecular weight excluding hydrogens is 471 g/mol. The van der Waals surface area contributed by atoms with Crippen molar-refractivity contribution in [3.8, 4) is 11.8 Å². The van der Waals surface area contributed by atoms with Crippen LogP contribution >= 0.6 is 0 Å². The summed E-state index contributed by atoms with van der Waals surface area (Å²) in [6, 6.07) is 6.03. The lowest BCUT2D eigenvalue weighted by Gasteiger charge is -2.51. The maximum atomic E-state index is 14.8. The number of ether oxygens (including phenoxy) is 1. The largest absolute Gasteiger partial charge is 0.484 e. The summed E-state index contributed by atoms with van der Waals surface area (Å²) in [7, 11) is 1.63. The average molecular weight is 498 g/mol. The van der Waals surface area contributed by atoms with Gasteiger partial charge in [0.05, 0.1) is 11.6 Å². The molecule has 0 bridgehead atoms. The number of aryl methyl sites for hydroxylation is 1. The normalized spacial score (nSPS) is 20.4. The maximum Gasteiger partial charge on any atom is 0.295 e. The van der Waals surface area contributed by atoms with Gasteiger partial charge in [0.25, 0.3) is 5.56 Å². The molecule has 3 aromatic rings. The van der Waals surface area contributed by atoms with Crippen LogP contribution in [-0.4, -0.2) is 46.2 Å². The Bertz CT molecular complexity index is 1450. The first-order valence-corrected chi connectivity index (χ1v) is 12.0. The summed E-state index contributed by atoms with van der Waals surface area (Å²) >= 11 is 0. The van der Waals surface area contributed by atoms with Crippen LogP contribution in [0.2, 0.25) is 0 Å². The van der Waals surface area contributed by atoms with E-state index in [4.69, 9.17) is 4.74 Å². The van der Waals surface area contributed by atoms with Gasteiger partial charge in [0.15, 0.2) is 11.6 Å². The summed E-state index contributed by atoms with van der Waals surface area (Å²) in [4.78, 5) is 21.7. The highest BCUT2D eigenvalue weighted by Crippen LogP contribution is 2.42. The summed E-state index contributed by atoms with van der Waals surface area (Å²) in [5, 5.41) is 9.41. The minimum Gasteiger partial charge on any atom is -0.484 e. The number of aromatic nitrogens is 2. The second kappa shape index (κ2) is 9.13. The fourth-order valence-electron chi connectivity index (χ4n) is 5.59. The molecule has 1 saturated heterocycles. The number of pyridine rings is 2. The molecule has 1 fully saturated rings. The first-order valence-electron chi connectivity index (χ1n) is 12.0. The molecular formula is C26H26F3N5O2. The Morgan fingerprint density at radius 3 is 2.61 bits per heavy atom. The summed E-state index contributed by atoms with van der Waals surface area (Å²) in [6.45, 7) is 4.85. The smallest absolute Gasteiger partial charge is 0.295 e. The van der Waals surface area contributed by atoms with Crippen molar-refractivity contribution in [3.05, 3.63) is 63.3 Å². The molecule has 0 N–H and O–H groups in total. The van der Waals surface area contributed by atoms with Crippen LogP contribution in [0.1, 0.15) is 44.0 Å².